The van der Waals surface area contributed by atoms with Gasteiger partial charge in [-0.25, -0.2) is 4.98 Å². The molecule has 2 aromatic rings. The third-order valence-corrected chi connectivity index (χ3v) is 3.17. The van der Waals surface area contributed by atoms with Crippen LogP contribution in [0.25, 0.3) is 5.65 Å². The Bertz CT molecular complexity index is 487. The van der Waals surface area contributed by atoms with Gasteiger partial charge in [-0.1, -0.05) is 0 Å². The van der Waals surface area contributed by atoms with E-state index in [9.17, 15) is 0 Å². The fraction of sp³-hybridized carbons (Fsp3) is 0.545. The lowest BCUT2D eigenvalue weighted by Gasteiger charge is -2.23. The first-order chi connectivity index (χ1) is 8.43. The van der Waals surface area contributed by atoms with Gasteiger partial charge in [-0.05, 0) is 31.8 Å². The molecule has 1 saturated heterocycles. The van der Waals surface area contributed by atoms with Crippen LogP contribution in [0, 0.1) is 5.92 Å². The number of fused-ring (bicyclic) bond motifs is 1. The van der Waals surface area contributed by atoms with E-state index in [1.54, 1.807) is 12.5 Å². The van der Waals surface area contributed by atoms with Crippen LogP contribution in [-0.4, -0.2) is 39.2 Å². The van der Waals surface area contributed by atoms with Crippen LogP contribution >= 0.6 is 0 Å². The molecule has 1 aliphatic rings. The standard InChI is InChI=1S/C11H16N6/c1-2-9(6-12-3-1)7-14-10-11-16-15-8-17(11)5-4-13-10/h4-5,8-9,12H,1-3,6-7H2,(H,13,14). The maximum atomic E-state index is 4.31. The molecule has 1 fully saturated rings. The second kappa shape index (κ2) is 4.67. The molecule has 0 radical (unpaired) electrons. The van der Waals surface area contributed by atoms with Gasteiger partial charge in [0.1, 0.15) is 6.33 Å². The predicted molar refractivity (Wildman–Crippen MR) is 64.9 cm³/mol. The minimum absolute atomic E-state index is 0.675. The first-order valence-electron chi connectivity index (χ1n) is 6.02. The molecule has 2 N–H and O–H groups in total. The average molecular weight is 232 g/mol. The summed E-state index contributed by atoms with van der Waals surface area (Å²) in [7, 11) is 0. The average Bonchev–Trinajstić information content (AvgIpc) is 2.86. The molecule has 3 heterocycles. The van der Waals surface area contributed by atoms with E-state index in [1.807, 2.05) is 10.6 Å². The van der Waals surface area contributed by atoms with Crippen molar-refractivity contribution in [2.24, 2.45) is 5.92 Å². The van der Waals surface area contributed by atoms with Gasteiger partial charge in [-0.15, -0.1) is 10.2 Å². The molecule has 17 heavy (non-hydrogen) atoms. The van der Waals surface area contributed by atoms with Crippen LogP contribution < -0.4 is 10.6 Å². The molecule has 6 heteroatoms. The summed E-state index contributed by atoms with van der Waals surface area (Å²) in [5.74, 6) is 1.49. The zero-order valence-corrected chi connectivity index (χ0v) is 9.63. The summed E-state index contributed by atoms with van der Waals surface area (Å²) in [6.45, 7) is 3.17. The van der Waals surface area contributed by atoms with Crippen LogP contribution in [0.1, 0.15) is 12.8 Å². The molecular formula is C11H16N6. The monoisotopic (exact) mass is 232 g/mol. The van der Waals surface area contributed by atoms with E-state index in [1.165, 1.54) is 12.8 Å². The van der Waals surface area contributed by atoms with Crippen molar-refractivity contribution in [3.05, 3.63) is 18.7 Å². The number of piperidine rings is 1. The van der Waals surface area contributed by atoms with Crippen molar-refractivity contribution >= 4 is 11.5 Å². The van der Waals surface area contributed by atoms with Gasteiger partial charge in [0.05, 0.1) is 0 Å². The Morgan fingerprint density at radius 1 is 1.53 bits per heavy atom. The molecule has 1 unspecified atom stereocenters. The number of nitrogens with zero attached hydrogens (tertiary/aromatic N) is 4. The molecule has 90 valence electrons. The summed E-state index contributed by atoms with van der Waals surface area (Å²) in [6.07, 6.45) is 7.83. The molecule has 2 aromatic heterocycles. The lowest BCUT2D eigenvalue weighted by Crippen LogP contribution is -2.33. The van der Waals surface area contributed by atoms with Crippen LogP contribution in [0.5, 0.6) is 0 Å². The Balaban J connectivity index is 1.69. The fourth-order valence-electron chi connectivity index (χ4n) is 2.22. The SMILES string of the molecule is c1cn2cnnc2c(NCC2CCCNC2)n1. The van der Waals surface area contributed by atoms with E-state index < -0.39 is 0 Å². The van der Waals surface area contributed by atoms with Crippen LogP contribution in [0.15, 0.2) is 18.7 Å². The van der Waals surface area contributed by atoms with E-state index in [0.717, 1.165) is 31.1 Å². The van der Waals surface area contributed by atoms with Crippen molar-refractivity contribution in [1.29, 1.82) is 0 Å². The maximum absolute atomic E-state index is 4.31. The van der Waals surface area contributed by atoms with Crippen molar-refractivity contribution in [2.45, 2.75) is 12.8 Å². The summed E-state index contributed by atoms with van der Waals surface area (Å²) in [5.41, 5.74) is 0.788. The van der Waals surface area contributed by atoms with Gasteiger partial charge in [0, 0.05) is 18.9 Å². The molecule has 0 bridgehead atoms. The Kier molecular flexibility index (Phi) is 2.87. The third kappa shape index (κ3) is 2.21. The molecule has 0 spiro atoms. The molecular weight excluding hydrogens is 216 g/mol. The van der Waals surface area contributed by atoms with Crippen LogP contribution in [0.2, 0.25) is 0 Å². The second-order valence-corrected chi connectivity index (χ2v) is 4.43. The largest absolute Gasteiger partial charge is 0.367 e. The maximum Gasteiger partial charge on any atom is 0.203 e. The predicted octanol–water partition coefficient (Wildman–Crippen LogP) is 0.536. The normalized spacial score (nSPS) is 20.6. The number of aromatic nitrogens is 4. The fourth-order valence-corrected chi connectivity index (χ4v) is 2.22. The van der Waals surface area contributed by atoms with Crippen molar-refractivity contribution in [3.63, 3.8) is 0 Å². The Hall–Kier alpha value is -1.69. The number of rotatable bonds is 3. The van der Waals surface area contributed by atoms with Crippen molar-refractivity contribution < 1.29 is 0 Å². The zero-order chi connectivity index (χ0) is 11.5. The highest BCUT2D eigenvalue weighted by atomic mass is 15.2. The van der Waals surface area contributed by atoms with Crippen LogP contribution in [0.3, 0.4) is 0 Å². The second-order valence-electron chi connectivity index (χ2n) is 4.43. The first kappa shape index (κ1) is 10.5. The van der Waals surface area contributed by atoms with Gasteiger partial charge in [0.25, 0.3) is 0 Å². The van der Waals surface area contributed by atoms with E-state index >= 15 is 0 Å². The Morgan fingerprint density at radius 2 is 2.53 bits per heavy atom. The van der Waals surface area contributed by atoms with Crippen LogP contribution in [-0.2, 0) is 0 Å². The third-order valence-electron chi connectivity index (χ3n) is 3.17. The van der Waals surface area contributed by atoms with Gasteiger partial charge in [-0.2, -0.15) is 0 Å². The summed E-state index contributed by atoms with van der Waals surface area (Å²) >= 11 is 0. The van der Waals surface area contributed by atoms with Crippen molar-refractivity contribution in [3.8, 4) is 0 Å². The lowest BCUT2D eigenvalue weighted by atomic mass is 10.00. The van der Waals surface area contributed by atoms with Gasteiger partial charge in [0.2, 0.25) is 5.65 Å². The van der Waals surface area contributed by atoms with E-state index in [-0.39, 0.29) is 0 Å². The zero-order valence-electron chi connectivity index (χ0n) is 9.63. The molecule has 1 aliphatic heterocycles. The Labute approximate surface area is 99.5 Å². The number of nitrogens with one attached hydrogen (secondary N) is 2. The first-order valence-corrected chi connectivity index (χ1v) is 6.02. The van der Waals surface area contributed by atoms with E-state index in [4.69, 9.17) is 0 Å². The molecule has 6 nitrogen and oxygen atoms in total. The molecule has 0 saturated carbocycles. The summed E-state index contributed by atoms with van der Waals surface area (Å²) in [4.78, 5) is 4.31. The van der Waals surface area contributed by atoms with Gasteiger partial charge in [-0.3, -0.25) is 4.40 Å². The summed E-state index contributed by atoms with van der Waals surface area (Å²) < 4.78 is 1.87. The molecule has 0 amide bonds. The number of anilines is 1. The van der Waals surface area contributed by atoms with Crippen molar-refractivity contribution in [2.75, 3.05) is 25.0 Å². The van der Waals surface area contributed by atoms with Gasteiger partial charge < -0.3 is 10.6 Å². The molecule has 1 atom stereocenters. The minimum atomic E-state index is 0.675. The van der Waals surface area contributed by atoms with Gasteiger partial charge in [0.15, 0.2) is 5.82 Å². The molecule has 3 rings (SSSR count). The summed E-state index contributed by atoms with van der Waals surface area (Å²) in [5, 5.41) is 14.7. The quantitative estimate of drug-likeness (QED) is 0.808. The number of hydrogen-bond donors (Lipinski definition) is 2. The Morgan fingerprint density at radius 3 is 3.41 bits per heavy atom. The number of hydrogen-bond acceptors (Lipinski definition) is 5. The highest BCUT2D eigenvalue weighted by molar-refractivity contribution is 5.61. The van der Waals surface area contributed by atoms with Gasteiger partial charge >= 0.3 is 0 Å². The highest BCUT2D eigenvalue weighted by Gasteiger charge is 2.13. The van der Waals surface area contributed by atoms with E-state index in [0.29, 0.717) is 5.92 Å². The molecule has 0 aliphatic carbocycles. The minimum Gasteiger partial charge on any atom is -0.367 e. The van der Waals surface area contributed by atoms with E-state index in [2.05, 4.69) is 25.8 Å². The highest BCUT2D eigenvalue weighted by Crippen LogP contribution is 2.13. The van der Waals surface area contributed by atoms with Crippen LogP contribution in [0.4, 0.5) is 5.82 Å². The summed E-state index contributed by atoms with van der Waals surface area (Å²) in [6, 6.07) is 0. The van der Waals surface area contributed by atoms with Crippen molar-refractivity contribution in [1.82, 2.24) is 24.9 Å². The lowest BCUT2D eigenvalue weighted by molar-refractivity contribution is 0.392. The topological polar surface area (TPSA) is 67.1 Å². The smallest absolute Gasteiger partial charge is 0.203 e. The molecule has 0 aromatic carbocycles.